The summed E-state index contributed by atoms with van der Waals surface area (Å²) in [5, 5.41) is 0.778. The van der Waals surface area contributed by atoms with Crippen LogP contribution in [0.15, 0.2) is 18.2 Å². The Balaban J connectivity index is 2.70. The monoisotopic (exact) mass is 254 g/mol. The van der Waals surface area contributed by atoms with Crippen molar-refractivity contribution < 1.29 is 0 Å². The van der Waals surface area contributed by atoms with Crippen LogP contribution in [0.5, 0.6) is 0 Å². The van der Waals surface area contributed by atoms with Gasteiger partial charge in [-0.2, -0.15) is 0 Å². The lowest BCUT2D eigenvalue weighted by atomic mass is 10.0. The Morgan fingerprint density at radius 3 is 2.53 bits per heavy atom. The van der Waals surface area contributed by atoms with Gasteiger partial charge in [0.25, 0.3) is 0 Å². The van der Waals surface area contributed by atoms with Crippen molar-refractivity contribution >= 4 is 17.3 Å². The Morgan fingerprint density at radius 1 is 1.29 bits per heavy atom. The zero-order valence-electron chi connectivity index (χ0n) is 11.0. The lowest BCUT2D eigenvalue weighted by Gasteiger charge is -2.17. The lowest BCUT2D eigenvalue weighted by molar-refractivity contribution is 0.581. The molecule has 3 heteroatoms. The van der Waals surface area contributed by atoms with E-state index in [9.17, 15) is 0 Å². The molecule has 0 aromatic heterocycles. The summed E-state index contributed by atoms with van der Waals surface area (Å²) in [5.74, 6) is 0. The fourth-order valence-corrected chi connectivity index (χ4v) is 2.18. The third kappa shape index (κ3) is 4.21. The zero-order chi connectivity index (χ0) is 12.8. The van der Waals surface area contributed by atoms with Gasteiger partial charge in [-0.15, -0.1) is 0 Å². The van der Waals surface area contributed by atoms with Crippen molar-refractivity contribution in [3.05, 3.63) is 28.8 Å². The van der Waals surface area contributed by atoms with Crippen molar-refractivity contribution in [2.75, 3.05) is 19.0 Å². The van der Waals surface area contributed by atoms with Gasteiger partial charge >= 0.3 is 0 Å². The standard InChI is InChI=1S/C14H23ClN2/c1-4-5-6-7-14(16)12-9-8-11(17(2)3)10-13(12)15/h8-10,14H,4-7,16H2,1-3H3/t14-/m1/s1. The quantitative estimate of drug-likeness (QED) is 0.778. The van der Waals surface area contributed by atoms with E-state index >= 15 is 0 Å². The highest BCUT2D eigenvalue weighted by molar-refractivity contribution is 6.31. The Labute approximate surface area is 110 Å². The summed E-state index contributed by atoms with van der Waals surface area (Å²) in [5.41, 5.74) is 8.34. The maximum absolute atomic E-state index is 6.27. The Hall–Kier alpha value is -0.730. The fourth-order valence-electron chi connectivity index (χ4n) is 1.86. The second kappa shape index (κ2) is 6.87. The Morgan fingerprint density at radius 2 is 2.00 bits per heavy atom. The molecule has 0 fully saturated rings. The van der Waals surface area contributed by atoms with Gasteiger partial charge in [0.2, 0.25) is 0 Å². The third-order valence-electron chi connectivity index (χ3n) is 3.02. The van der Waals surface area contributed by atoms with Gasteiger partial charge < -0.3 is 10.6 Å². The molecule has 2 nitrogen and oxygen atoms in total. The minimum absolute atomic E-state index is 0.0604. The molecule has 1 aromatic carbocycles. The smallest absolute Gasteiger partial charge is 0.0474 e. The SMILES string of the molecule is CCCCC[C@@H](N)c1ccc(N(C)C)cc1Cl. The first-order valence-corrected chi connectivity index (χ1v) is 6.66. The van der Waals surface area contributed by atoms with Crippen molar-refractivity contribution in [3.8, 4) is 0 Å². The highest BCUT2D eigenvalue weighted by Gasteiger charge is 2.10. The summed E-state index contributed by atoms with van der Waals surface area (Å²) >= 11 is 6.27. The van der Waals surface area contributed by atoms with E-state index in [4.69, 9.17) is 17.3 Å². The number of nitrogens with zero attached hydrogens (tertiary/aromatic N) is 1. The van der Waals surface area contributed by atoms with Gasteiger partial charge in [-0.3, -0.25) is 0 Å². The van der Waals surface area contributed by atoms with Crippen LogP contribution in [0.3, 0.4) is 0 Å². The molecule has 0 aliphatic carbocycles. The molecular formula is C14H23ClN2. The summed E-state index contributed by atoms with van der Waals surface area (Å²) in [4.78, 5) is 2.04. The third-order valence-corrected chi connectivity index (χ3v) is 3.35. The number of unbranched alkanes of at least 4 members (excludes halogenated alkanes) is 2. The van der Waals surface area contributed by atoms with Gasteiger partial charge in [-0.25, -0.2) is 0 Å². The zero-order valence-corrected chi connectivity index (χ0v) is 11.8. The van der Waals surface area contributed by atoms with Crippen LogP contribution in [0.4, 0.5) is 5.69 Å². The van der Waals surface area contributed by atoms with Crippen molar-refractivity contribution in [2.24, 2.45) is 5.73 Å². The van der Waals surface area contributed by atoms with Crippen molar-refractivity contribution in [1.29, 1.82) is 0 Å². The predicted octanol–water partition coefficient (Wildman–Crippen LogP) is 3.99. The molecule has 0 saturated carbocycles. The summed E-state index contributed by atoms with van der Waals surface area (Å²) in [6.07, 6.45) is 4.64. The molecule has 0 bridgehead atoms. The van der Waals surface area contributed by atoms with E-state index in [1.165, 1.54) is 19.3 Å². The number of nitrogens with two attached hydrogens (primary N) is 1. The maximum Gasteiger partial charge on any atom is 0.0474 e. The van der Waals surface area contributed by atoms with E-state index in [0.29, 0.717) is 0 Å². The van der Waals surface area contributed by atoms with E-state index in [2.05, 4.69) is 13.0 Å². The summed E-state index contributed by atoms with van der Waals surface area (Å²) < 4.78 is 0. The van der Waals surface area contributed by atoms with Crippen LogP contribution in [0.25, 0.3) is 0 Å². The van der Waals surface area contributed by atoms with Gasteiger partial charge in [0.1, 0.15) is 0 Å². The first-order valence-electron chi connectivity index (χ1n) is 6.28. The second-order valence-corrected chi connectivity index (χ2v) is 5.11. The summed E-state index contributed by atoms with van der Waals surface area (Å²) in [7, 11) is 4.01. The molecule has 0 aliphatic rings. The van der Waals surface area contributed by atoms with Crippen LogP contribution in [0, 0.1) is 0 Å². The fraction of sp³-hybridized carbons (Fsp3) is 0.571. The molecule has 1 atom stereocenters. The number of benzene rings is 1. The molecule has 0 unspecified atom stereocenters. The molecule has 17 heavy (non-hydrogen) atoms. The summed E-state index contributed by atoms with van der Waals surface area (Å²) in [6, 6.07) is 6.16. The van der Waals surface area contributed by atoms with E-state index in [1.807, 2.05) is 31.1 Å². The number of halogens is 1. The minimum Gasteiger partial charge on any atom is -0.378 e. The van der Waals surface area contributed by atoms with Crippen LogP contribution in [0.2, 0.25) is 5.02 Å². The van der Waals surface area contributed by atoms with E-state index < -0.39 is 0 Å². The van der Waals surface area contributed by atoms with Crippen LogP contribution < -0.4 is 10.6 Å². The topological polar surface area (TPSA) is 29.3 Å². The van der Waals surface area contributed by atoms with Crippen LogP contribution in [0.1, 0.15) is 44.2 Å². The van der Waals surface area contributed by atoms with Crippen molar-refractivity contribution in [3.63, 3.8) is 0 Å². The molecule has 0 radical (unpaired) electrons. The number of anilines is 1. The molecule has 2 N–H and O–H groups in total. The summed E-state index contributed by atoms with van der Waals surface area (Å²) in [6.45, 7) is 2.20. The molecular weight excluding hydrogens is 232 g/mol. The molecule has 0 saturated heterocycles. The first kappa shape index (κ1) is 14.3. The van der Waals surface area contributed by atoms with Crippen molar-refractivity contribution in [1.82, 2.24) is 0 Å². The molecule has 96 valence electrons. The molecule has 1 rings (SSSR count). The van der Waals surface area contributed by atoms with E-state index in [0.717, 1.165) is 22.7 Å². The van der Waals surface area contributed by atoms with Crippen LogP contribution >= 0.6 is 11.6 Å². The van der Waals surface area contributed by atoms with E-state index in [1.54, 1.807) is 0 Å². The van der Waals surface area contributed by atoms with Crippen LogP contribution in [-0.2, 0) is 0 Å². The van der Waals surface area contributed by atoms with Gasteiger partial charge in [0.05, 0.1) is 0 Å². The largest absolute Gasteiger partial charge is 0.378 e. The number of rotatable bonds is 6. The van der Waals surface area contributed by atoms with Gasteiger partial charge in [0, 0.05) is 30.8 Å². The minimum atomic E-state index is 0.0604. The first-order chi connectivity index (χ1) is 8.06. The maximum atomic E-state index is 6.27. The predicted molar refractivity (Wildman–Crippen MR) is 76.8 cm³/mol. The molecule has 0 aliphatic heterocycles. The van der Waals surface area contributed by atoms with Gasteiger partial charge in [-0.05, 0) is 24.1 Å². The average molecular weight is 255 g/mol. The number of hydrogen-bond acceptors (Lipinski definition) is 2. The molecule has 0 spiro atoms. The average Bonchev–Trinajstić information content (AvgIpc) is 2.28. The Bertz CT molecular complexity index is 350. The number of hydrogen-bond donors (Lipinski definition) is 1. The van der Waals surface area contributed by atoms with Crippen LogP contribution in [-0.4, -0.2) is 14.1 Å². The van der Waals surface area contributed by atoms with E-state index in [-0.39, 0.29) is 6.04 Å². The highest BCUT2D eigenvalue weighted by atomic mass is 35.5. The molecule has 0 amide bonds. The van der Waals surface area contributed by atoms with Gasteiger partial charge in [0.15, 0.2) is 0 Å². The molecule has 0 heterocycles. The molecule has 1 aromatic rings. The highest BCUT2D eigenvalue weighted by Crippen LogP contribution is 2.28. The van der Waals surface area contributed by atoms with Crippen molar-refractivity contribution in [2.45, 2.75) is 38.6 Å². The normalized spacial score (nSPS) is 12.5. The van der Waals surface area contributed by atoms with Gasteiger partial charge in [-0.1, -0.05) is 43.9 Å². The Kier molecular flexibility index (Phi) is 5.79. The second-order valence-electron chi connectivity index (χ2n) is 4.70. The lowest BCUT2D eigenvalue weighted by Crippen LogP contribution is -2.12.